The summed E-state index contributed by atoms with van der Waals surface area (Å²) in [5.74, 6) is -1.89. The van der Waals surface area contributed by atoms with Crippen LogP contribution in [0.5, 0.6) is 5.75 Å². The maximum Gasteiger partial charge on any atom is 0.274 e. The van der Waals surface area contributed by atoms with E-state index in [2.05, 4.69) is 26.0 Å². The third-order valence-electron chi connectivity index (χ3n) is 7.53. The summed E-state index contributed by atoms with van der Waals surface area (Å²) in [6.45, 7) is 2.17. The van der Waals surface area contributed by atoms with Gasteiger partial charge in [-0.25, -0.2) is 13.8 Å². The van der Waals surface area contributed by atoms with Crippen molar-refractivity contribution in [2.24, 2.45) is 11.8 Å². The predicted octanol–water partition coefficient (Wildman–Crippen LogP) is 1.78. The lowest BCUT2D eigenvalue weighted by atomic mass is 9.88. The van der Waals surface area contributed by atoms with Crippen LogP contribution in [-0.2, 0) is 4.74 Å². The van der Waals surface area contributed by atoms with Gasteiger partial charge in [0.1, 0.15) is 17.9 Å². The molecule has 4 atom stereocenters. The Hall–Kier alpha value is -3.74. The van der Waals surface area contributed by atoms with Crippen molar-refractivity contribution in [2.45, 2.75) is 30.8 Å². The molecule has 1 amide bonds. The molecule has 3 fully saturated rings. The molecule has 1 unspecified atom stereocenters. The number of halogens is 2. The van der Waals surface area contributed by atoms with Crippen LogP contribution in [-0.4, -0.2) is 63.4 Å². The molecule has 7 rings (SSSR count). The van der Waals surface area contributed by atoms with Gasteiger partial charge in [-0.2, -0.15) is 9.61 Å². The lowest BCUT2D eigenvalue weighted by Crippen LogP contribution is -2.55. The quantitative estimate of drug-likeness (QED) is 0.486. The highest BCUT2D eigenvalue weighted by Gasteiger charge is 2.55. The number of carbonyl (C=O) groups excluding carboxylic acids is 1. The fourth-order valence-electron chi connectivity index (χ4n) is 5.35. The number of fused-ring (bicyclic) bond motifs is 4. The minimum Gasteiger partial charge on any atom is -0.485 e. The molecular weight excluding hydrogens is 476 g/mol. The van der Waals surface area contributed by atoms with E-state index in [4.69, 9.17) is 9.47 Å². The number of nitrogens with one attached hydrogen (secondary N) is 3. The van der Waals surface area contributed by atoms with Crippen LogP contribution < -0.4 is 26.2 Å². The number of hydrogen-bond donors (Lipinski definition) is 3. The zero-order valence-electron chi connectivity index (χ0n) is 19.0. The number of ether oxygens (including phenoxy) is 2. The van der Waals surface area contributed by atoms with E-state index in [1.165, 1.54) is 10.7 Å². The van der Waals surface area contributed by atoms with Crippen molar-refractivity contribution in [2.75, 3.05) is 37.0 Å². The lowest BCUT2D eigenvalue weighted by molar-refractivity contribution is -0.102. The standard InChI is InChI=1S/C23H23F2N7O4/c24-23(25)4-3-15(23)29-21(33)11-8-27-32-19(11)30-18(17-20(32)26-5-7-36-17)28-14-2-1-6-31(22(14)34)16-12-9-35-10-13(12)16/h1-2,6,8,12-13,15-16,26H,3-5,7,9-10H2,(H,28,30)(H,29,33)/t12-,13+,15-,16?/m1/s1. The SMILES string of the molecule is O=C(N[C@@H]1CCC1(F)F)c1cnn2c3c(c(Nc4cccn(C5[C@H]6COC[C@@H]56)c4=O)nc12)OCCN3. The summed E-state index contributed by atoms with van der Waals surface area (Å²) in [6, 6.07) is 2.35. The zero-order valence-corrected chi connectivity index (χ0v) is 19.0. The number of nitrogens with zero attached hydrogens (tertiary/aromatic N) is 4. The molecule has 0 bridgehead atoms. The first-order valence-electron chi connectivity index (χ1n) is 12.0. The van der Waals surface area contributed by atoms with Crippen molar-refractivity contribution in [1.29, 1.82) is 0 Å². The molecule has 0 radical (unpaired) electrons. The van der Waals surface area contributed by atoms with Crippen LogP contribution in [0, 0.1) is 11.8 Å². The molecule has 2 aliphatic carbocycles. The highest BCUT2D eigenvalue weighted by Crippen LogP contribution is 2.53. The summed E-state index contributed by atoms with van der Waals surface area (Å²) in [5.41, 5.74) is 0.303. The summed E-state index contributed by atoms with van der Waals surface area (Å²) in [5, 5.41) is 12.9. The molecular formula is C23H23F2N7O4. The highest BCUT2D eigenvalue weighted by molar-refractivity contribution is 6.00. The van der Waals surface area contributed by atoms with Gasteiger partial charge < -0.3 is 30.0 Å². The molecule has 188 valence electrons. The Kier molecular flexibility index (Phi) is 4.56. The molecule has 0 aromatic carbocycles. The average molecular weight is 499 g/mol. The second-order valence-corrected chi connectivity index (χ2v) is 9.65. The Morgan fingerprint density at radius 2 is 2.11 bits per heavy atom. The van der Waals surface area contributed by atoms with Crippen LogP contribution in [0.15, 0.2) is 29.3 Å². The topological polar surface area (TPSA) is 124 Å². The number of rotatable bonds is 5. The first-order valence-corrected chi connectivity index (χ1v) is 12.0. The van der Waals surface area contributed by atoms with Crippen molar-refractivity contribution in [3.8, 4) is 5.75 Å². The third-order valence-corrected chi connectivity index (χ3v) is 7.53. The summed E-state index contributed by atoms with van der Waals surface area (Å²) >= 11 is 0. The van der Waals surface area contributed by atoms with Crippen LogP contribution >= 0.6 is 0 Å². The zero-order chi connectivity index (χ0) is 24.6. The Labute approximate surface area is 202 Å². The largest absolute Gasteiger partial charge is 0.485 e. The fourth-order valence-corrected chi connectivity index (χ4v) is 5.35. The lowest BCUT2D eigenvalue weighted by Gasteiger charge is -2.36. The summed E-state index contributed by atoms with van der Waals surface area (Å²) in [4.78, 5) is 30.7. The van der Waals surface area contributed by atoms with Gasteiger partial charge in [0, 0.05) is 30.5 Å². The monoisotopic (exact) mass is 499 g/mol. The van der Waals surface area contributed by atoms with Crippen molar-refractivity contribution < 1.29 is 23.0 Å². The summed E-state index contributed by atoms with van der Waals surface area (Å²) in [6.07, 6.45) is 3.02. The first kappa shape index (κ1) is 21.5. The number of anilines is 3. The smallest absolute Gasteiger partial charge is 0.274 e. The molecule has 2 saturated carbocycles. The van der Waals surface area contributed by atoms with E-state index in [1.807, 2.05) is 0 Å². The number of hydrogen-bond acceptors (Lipinski definition) is 8. The Morgan fingerprint density at radius 1 is 1.28 bits per heavy atom. The summed E-state index contributed by atoms with van der Waals surface area (Å²) < 4.78 is 41.9. The normalized spacial score (nSPS) is 27.3. The molecule has 3 aromatic rings. The van der Waals surface area contributed by atoms with E-state index in [0.29, 0.717) is 55.5 Å². The van der Waals surface area contributed by atoms with Gasteiger partial charge in [0.15, 0.2) is 17.3 Å². The second kappa shape index (κ2) is 7.63. The Bertz CT molecular complexity index is 1440. The number of pyridine rings is 1. The Balaban J connectivity index is 1.25. The van der Waals surface area contributed by atoms with Gasteiger partial charge in [-0.05, 0) is 18.6 Å². The van der Waals surface area contributed by atoms with Crippen LogP contribution in [0.3, 0.4) is 0 Å². The van der Waals surface area contributed by atoms with Gasteiger partial charge in [0.2, 0.25) is 5.75 Å². The van der Waals surface area contributed by atoms with Crippen molar-refractivity contribution >= 4 is 28.9 Å². The Morgan fingerprint density at radius 3 is 2.86 bits per heavy atom. The maximum absolute atomic E-state index is 13.7. The minimum absolute atomic E-state index is 0.0483. The number of aromatic nitrogens is 4. The van der Waals surface area contributed by atoms with E-state index < -0.39 is 17.9 Å². The molecule has 2 aliphatic heterocycles. The molecule has 11 nitrogen and oxygen atoms in total. The van der Waals surface area contributed by atoms with Gasteiger partial charge in [-0.1, -0.05) is 0 Å². The number of carbonyl (C=O) groups is 1. The number of amides is 1. The summed E-state index contributed by atoms with van der Waals surface area (Å²) in [7, 11) is 0. The van der Waals surface area contributed by atoms with Crippen molar-refractivity contribution in [3.63, 3.8) is 0 Å². The number of alkyl halides is 2. The van der Waals surface area contributed by atoms with Crippen LogP contribution in [0.1, 0.15) is 29.2 Å². The van der Waals surface area contributed by atoms with Gasteiger partial charge in [-0.3, -0.25) is 9.59 Å². The minimum atomic E-state index is -2.92. The van der Waals surface area contributed by atoms with Gasteiger partial charge in [0.05, 0.1) is 32.0 Å². The second-order valence-electron chi connectivity index (χ2n) is 9.65. The van der Waals surface area contributed by atoms with E-state index in [-0.39, 0.29) is 41.5 Å². The molecule has 1 saturated heterocycles. The fraction of sp³-hybridized carbons (Fsp3) is 0.478. The predicted molar refractivity (Wildman–Crippen MR) is 123 cm³/mol. The molecule has 3 N–H and O–H groups in total. The van der Waals surface area contributed by atoms with E-state index in [0.717, 1.165) is 0 Å². The van der Waals surface area contributed by atoms with Gasteiger partial charge in [0.25, 0.3) is 17.4 Å². The van der Waals surface area contributed by atoms with Crippen LogP contribution in [0.25, 0.3) is 5.65 Å². The molecule has 3 aromatic heterocycles. The van der Waals surface area contributed by atoms with E-state index in [9.17, 15) is 18.4 Å². The van der Waals surface area contributed by atoms with E-state index >= 15 is 0 Å². The van der Waals surface area contributed by atoms with Gasteiger partial charge >= 0.3 is 0 Å². The molecule has 0 spiro atoms. The molecule has 36 heavy (non-hydrogen) atoms. The maximum atomic E-state index is 13.7. The first-order chi connectivity index (χ1) is 17.4. The van der Waals surface area contributed by atoms with Crippen molar-refractivity contribution in [3.05, 3.63) is 40.4 Å². The third kappa shape index (κ3) is 3.18. The van der Waals surface area contributed by atoms with Crippen LogP contribution in [0.4, 0.5) is 26.1 Å². The average Bonchev–Trinajstić information content (AvgIpc) is 3.20. The molecule has 13 heteroatoms. The van der Waals surface area contributed by atoms with E-state index in [1.54, 1.807) is 22.9 Å². The van der Waals surface area contributed by atoms with Crippen LogP contribution in [0.2, 0.25) is 0 Å². The van der Waals surface area contributed by atoms with Crippen molar-refractivity contribution in [1.82, 2.24) is 24.5 Å². The molecule has 4 aliphatic rings. The molecule has 5 heterocycles. The van der Waals surface area contributed by atoms with Gasteiger partial charge in [-0.15, -0.1) is 0 Å². The highest BCUT2D eigenvalue weighted by atomic mass is 19.3.